The Bertz CT molecular complexity index is 684. The van der Waals surface area contributed by atoms with Gasteiger partial charge in [0.05, 0.1) is 18.1 Å². The fourth-order valence-corrected chi connectivity index (χ4v) is 2.37. The number of aryl methyl sites for hydroxylation is 1. The minimum Gasteiger partial charge on any atom is -0.484 e. The zero-order valence-corrected chi connectivity index (χ0v) is 13.5. The molecule has 2 heterocycles. The first kappa shape index (κ1) is 15.6. The number of hydrogen-bond acceptors (Lipinski definition) is 4. The first-order valence-corrected chi connectivity index (χ1v) is 7.73. The summed E-state index contributed by atoms with van der Waals surface area (Å²) in [4.78, 5) is 17.8. The summed E-state index contributed by atoms with van der Waals surface area (Å²) in [7, 11) is 0. The second-order valence-electron chi connectivity index (χ2n) is 5.46. The average Bonchev–Trinajstić information content (AvgIpc) is 2.50. The van der Waals surface area contributed by atoms with Crippen LogP contribution in [0.1, 0.15) is 5.56 Å². The lowest BCUT2D eigenvalue weighted by molar-refractivity contribution is -0.142. The van der Waals surface area contributed by atoms with Crippen molar-refractivity contribution in [3.05, 3.63) is 53.2 Å². The zero-order chi connectivity index (χ0) is 16.2. The fourth-order valence-electron chi connectivity index (χ4n) is 2.26. The van der Waals surface area contributed by atoms with E-state index in [0.717, 1.165) is 5.56 Å². The number of rotatable bonds is 5. The van der Waals surface area contributed by atoms with E-state index in [2.05, 4.69) is 4.98 Å². The number of nitrogens with zero attached hydrogens (tertiary/aromatic N) is 2. The predicted molar refractivity (Wildman–Crippen MR) is 86.9 cm³/mol. The average molecular weight is 333 g/mol. The summed E-state index contributed by atoms with van der Waals surface area (Å²) in [5.74, 6) is 1.18. The largest absolute Gasteiger partial charge is 0.484 e. The Morgan fingerprint density at radius 1 is 1.35 bits per heavy atom. The van der Waals surface area contributed by atoms with E-state index in [9.17, 15) is 4.79 Å². The molecule has 0 atom stereocenters. The van der Waals surface area contributed by atoms with Crippen LogP contribution in [0.15, 0.2) is 42.6 Å². The van der Waals surface area contributed by atoms with E-state index in [1.165, 1.54) is 6.20 Å². The Hall–Kier alpha value is -2.27. The smallest absolute Gasteiger partial charge is 0.260 e. The molecule has 6 heteroatoms. The van der Waals surface area contributed by atoms with Crippen molar-refractivity contribution in [2.24, 2.45) is 0 Å². The molecule has 1 aromatic heterocycles. The minimum atomic E-state index is -0.0459. The van der Waals surface area contributed by atoms with Crippen LogP contribution in [-0.2, 0) is 4.79 Å². The van der Waals surface area contributed by atoms with E-state index in [1.54, 1.807) is 17.0 Å². The van der Waals surface area contributed by atoms with Crippen LogP contribution in [0.2, 0.25) is 5.02 Å². The third-order valence-corrected chi connectivity index (χ3v) is 3.76. The molecule has 1 amide bonds. The third kappa shape index (κ3) is 4.13. The molecule has 0 spiro atoms. The van der Waals surface area contributed by atoms with Crippen molar-refractivity contribution in [1.29, 1.82) is 0 Å². The van der Waals surface area contributed by atoms with Crippen molar-refractivity contribution < 1.29 is 14.3 Å². The van der Waals surface area contributed by atoms with Gasteiger partial charge in [0.25, 0.3) is 5.91 Å². The Kier molecular flexibility index (Phi) is 4.67. The number of halogens is 1. The number of pyridine rings is 1. The maximum Gasteiger partial charge on any atom is 0.260 e. The maximum atomic E-state index is 12.0. The summed E-state index contributed by atoms with van der Waals surface area (Å²) in [5, 5.41) is 0.566. The van der Waals surface area contributed by atoms with Crippen LogP contribution in [0.4, 0.5) is 0 Å². The van der Waals surface area contributed by atoms with E-state index >= 15 is 0 Å². The lowest BCUT2D eigenvalue weighted by Crippen LogP contribution is -2.57. The Morgan fingerprint density at radius 3 is 2.87 bits per heavy atom. The van der Waals surface area contributed by atoms with Crippen molar-refractivity contribution in [2.45, 2.75) is 13.0 Å². The fraction of sp³-hybridized carbons (Fsp3) is 0.294. The SMILES string of the molecule is Cc1cccc(OCC(=O)N2CC(Oc3ccc(Cl)cn3)C2)c1. The number of carbonyl (C=O) groups is 1. The topological polar surface area (TPSA) is 51.7 Å². The number of carbonyl (C=O) groups excluding carboxylic acids is 1. The van der Waals surface area contributed by atoms with E-state index in [4.69, 9.17) is 21.1 Å². The molecule has 0 aliphatic carbocycles. The monoisotopic (exact) mass is 332 g/mol. The van der Waals surface area contributed by atoms with Crippen molar-refractivity contribution in [3.8, 4) is 11.6 Å². The lowest BCUT2D eigenvalue weighted by atomic mass is 10.1. The van der Waals surface area contributed by atoms with E-state index in [0.29, 0.717) is 29.7 Å². The van der Waals surface area contributed by atoms with Crippen LogP contribution in [-0.4, -0.2) is 41.6 Å². The molecule has 1 saturated heterocycles. The molecule has 0 unspecified atom stereocenters. The van der Waals surface area contributed by atoms with Crippen molar-refractivity contribution in [1.82, 2.24) is 9.88 Å². The summed E-state index contributed by atoms with van der Waals surface area (Å²) in [5.41, 5.74) is 1.10. The van der Waals surface area contributed by atoms with Gasteiger partial charge in [0.2, 0.25) is 5.88 Å². The Morgan fingerprint density at radius 2 is 2.17 bits per heavy atom. The van der Waals surface area contributed by atoms with E-state index < -0.39 is 0 Å². The molecular formula is C17H17ClN2O3. The van der Waals surface area contributed by atoms with E-state index in [1.807, 2.05) is 31.2 Å². The summed E-state index contributed by atoms with van der Waals surface area (Å²) >= 11 is 5.77. The van der Waals surface area contributed by atoms with Gasteiger partial charge in [-0.25, -0.2) is 4.98 Å². The first-order chi connectivity index (χ1) is 11.1. The molecule has 2 aromatic rings. The second-order valence-corrected chi connectivity index (χ2v) is 5.89. The third-order valence-electron chi connectivity index (χ3n) is 3.54. The molecule has 0 radical (unpaired) electrons. The van der Waals surface area contributed by atoms with Crippen molar-refractivity contribution >= 4 is 17.5 Å². The predicted octanol–water partition coefficient (Wildman–Crippen LogP) is 2.71. The number of hydrogen-bond donors (Lipinski definition) is 0. The van der Waals surface area contributed by atoms with Crippen LogP contribution in [0.25, 0.3) is 0 Å². The molecule has 3 rings (SSSR count). The number of ether oxygens (including phenoxy) is 2. The van der Waals surface area contributed by atoms with Gasteiger partial charge in [-0.3, -0.25) is 4.79 Å². The van der Waals surface area contributed by atoms with Crippen LogP contribution in [0.5, 0.6) is 11.6 Å². The quantitative estimate of drug-likeness (QED) is 0.844. The number of aromatic nitrogens is 1. The Balaban J connectivity index is 1.42. The van der Waals surface area contributed by atoms with Crippen molar-refractivity contribution in [3.63, 3.8) is 0 Å². The van der Waals surface area contributed by atoms with Crippen LogP contribution < -0.4 is 9.47 Å². The second kappa shape index (κ2) is 6.87. The van der Waals surface area contributed by atoms with Crippen LogP contribution in [0.3, 0.4) is 0 Å². The highest BCUT2D eigenvalue weighted by molar-refractivity contribution is 6.30. The number of likely N-dealkylation sites (tertiary alicyclic amines) is 1. The molecule has 1 aliphatic rings. The molecule has 23 heavy (non-hydrogen) atoms. The van der Waals surface area contributed by atoms with Crippen LogP contribution >= 0.6 is 11.6 Å². The summed E-state index contributed by atoms with van der Waals surface area (Å²) in [6, 6.07) is 11.1. The lowest BCUT2D eigenvalue weighted by Gasteiger charge is -2.38. The molecule has 5 nitrogen and oxygen atoms in total. The van der Waals surface area contributed by atoms with Gasteiger partial charge in [0.1, 0.15) is 11.9 Å². The molecule has 1 aromatic carbocycles. The van der Waals surface area contributed by atoms with Gasteiger partial charge in [-0.15, -0.1) is 0 Å². The molecule has 1 fully saturated rings. The van der Waals surface area contributed by atoms with E-state index in [-0.39, 0.29) is 18.6 Å². The zero-order valence-electron chi connectivity index (χ0n) is 12.7. The highest BCUT2D eigenvalue weighted by Gasteiger charge is 2.32. The van der Waals surface area contributed by atoms with Gasteiger partial charge < -0.3 is 14.4 Å². The van der Waals surface area contributed by atoms with Crippen molar-refractivity contribution in [2.75, 3.05) is 19.7 Å². The highest BCUT2D eigenvalue weighted by Crippen LogP contribution is 2.18. The molecule has 1 aliphatic heterocycles. The number of amides is 1. The molecule has 120 valence electrons. The summed E-state index contributed by atoms with van der Waals surface area (Å²) < 4.78 is 11.2. The molecule has 0 bridgehead atoms. The minimum absolute atomic E-state index is 0.0356. The van der Waals surface area contributed by atoms with Gasteiger partial charge in [-0.2, -0.15) is 0 Å². The van der Waals surface area contributed by atoms with Crippen LogP contribution in [0, 0.1) is 6.92 Å². The maximum absolute atomic E-state index is 12.0. The summed E-state index contributed by atoms with van der Waals surface area (Å²) in [6.45, 7) is 3.10. The number of benzene rings is 1. The Labute approximate surface area is 139 Å². The van der Waals surface area contributed by atoms with Gasteiger partial charge in [0, 0.05) is 12.3 Å². The normalized spacial score (nSPS) is 14.3. The summed E-state index contributed by atoms with van der Waals surface area (Å²) in [6.07, 6.45) is 1.50. The molecular weight excluding hydrogens is 316 g/mol. The standard InChI is InChI=1S/C17H17ClN2O3/c1-12-3-2-4-14(7-12)22-11-17(21)20-9-15(10-20)23-16-6-5-13(18)8-19-16/h2-8,15H,9-11H2,1H3. The van der Waals surface area contributed by atoms with Gasteiger partial charge >= 0.3 is 0 Å². The van der Waals surface area contributed by atoms with Gasteiger partial charge in [-0.1, -0.05) is 23.7 Å². The van der Waals surface area contributed by atoms with Gasteiger partial charge in [0.15, 0.2) is 6.61 Å². The molecule has 0 saturated carbocycles. The van der Waals surface area contributed by atoms with Gasteiger partial charge in [-0.05, 0) is 30.7 Å². The first-order valence-electron chi connectivity index (χ1n) is 7.35. The molecule has 0 N–H and O–H groups in total. The highest BCUT2D eigenvalue weighted by atomic mass is 35.5.